The summed E-state index contributed by atoms with van der Waals surface area (Å²) < 4.78 is 1.94. The number of para-hydroxylation sites is 1. The number of aromatic nitrogens is 1. The van der Waals surface area contributed by atoms with Gasteiger partial charge in [0.1, 0.15) is 11.3 Å². The first-order chi connectivity index (χ1) is 13.4. The maximum atomic E-state index is 12.8. The molecule has 1 aliphatic rings. The van der Waals surface area contributed by atoms with Crippen LogP contribution < -0.4 is 10.7 Å². The third-order valence-electron chi connectivity index (χ3n) is 5.89. The molecule has 1 amide bonds. The van der Waals surface area contributed by atoms with Gasteiger partial charge in [-0.05, 0) is 50.7 Å². The second-order valence-corrected chi connectivity index (χ2v) is 8.19. The van der Waals surface area contributed by atoms with Crippen LogP contribution >= 0.6 is 0 Å². The van der Waals surface area contributed by atoms with Crippen LogP contribution in [0.3, 0.4) is 0 Å². The lowest BCUT2D eigenvalue weighted by atomic mass is 9.82. The van der Waals surface area contributed by atoms with Gasteiger partial charge in [-0.15, -0.1) is 0 Å². The van der Waals surface area contributed by atoms with Crippen molar-refractivity contribution in [3.63, 3.8) is 0 Å². The molecule has 28 heavy (non-hydrogen) atoms. The van der Waals surface area contributed by atoms with Crippen molar-refractivity contribution in [2.45, 2.75) is 65.5 Å². The minimum absolute atomic E-state index is 0.0684. The molecule has 0 radical (unpaired) electrons. The highest BCUT2D eigenvalue weighted by atomic mass is 16.2. The second kappa shape index (κ2) is 8.72. The van der Waals surface area contributed by atoms with Gasteiger partial charge in [0.05, 0.1) is 5.52 Å². The Balaban J connectivity index is 1.69. The first-order valence-electron chi connectivity index (χ1n) is 10.4. The third kappa shape index (κ3) is 4.34. The summed E-state index contributed by atoms with van der Waals surface area (Å²) in [4.78, 5) is 37.6. The Morgan fingerprint density at radius 2 is 1.82 bits per heavy atom. The van der Waals surface area contributed by atoms with Gasteiger partial charge in [0.25, 0.3) is 5.91 Å². The minimum atomic E-state index is -0.292. The normalized spacial score (nSPS) is 19.7. The van der Waals surface area contributed by atoms with Crippen LogP contribution in [0.5, 0.6) is 0 Å². The van der Waals surface area contributed by atoms with Crippen LogP contribution in [0.15, 0.2) is 35.3 Å². The maximum absolute atomic E-state index is 12.8. The average Bonchev–Trinajstić information content (AvgIpc) is 2.69. The number of amides is 1. The van der Waals surface area contributed by atoms with E-state index in [0.29, 0.717) is 30.1 Å². The van der Waals surface area contributed by atoms with Crippen molar-refractivity contribution in [3.8, 4) is 0 Å². The Labute approximate surface area is 166 Å². The standard InChI is InChI=1S/C23H30N2O3/c1-4-25-14-19(22(27)18-7-5-6-8-20(18)25)23(28)24-17-11-9-16(10-12-17)13-21(26)15(2)3/h5-8,14-17H,4,9-13H2,1-3H3,(H,24,28). The number of aryl methyl sites for hydroxylation is 1. The summed E-state index contributed by atoms with van der Waals surface area (Å²) in [6.07, 6.45) is 5.92. The largest absolute Gasteiger partial charge is 0.349 e. The monoisotopic (exact) mass is 382 g/mol. The van der Waals surface area contributed by atoms with Crippen molar-refractivity contribution in [2.24, 2.45) is 11.8 Å². The van der Waals surface area contributed by atoms with Crippen molar-refractivity contribution in [2.75, 3.05) is 0 Å². The maximum Gasteiger partial charge on any atom is 0.256 e. The molecule has 1 fully saturated rings. The summed E-state index contributed by atoms with van der Waals surface area (Å²) in [6.45, 7) is 6.58. The van der Waals surface area contributed by atoms with E-state index in [9.17, 15) is 14.4 Å². The van der Waals surface area contributed by atoms with E-state index in [1.807, 2.05) is 43.5 Å². The number of carbonyl (C=O) groups excluding carboxylic acids is 2. The van der Waals surface area contributed by atoms with Gasteiger partial charge >= 0.3 is 0 Å². The fraction of sp³-hybridized carbons (Fsp3) is 0.522. The molecule has 0 bridgehead atoms. The lowest BCUT2D eigenvalue weighted by Gasteiger charge is -2.29. The van der Waals surface area contributed by atoms with Crippen molar-refractivity contribution in [3.05, 3.63) is 46.2 Å². The molecule has 5 heteroatoms. The van der Waals surface area contributed by atoms with E-state index in [1.54, 1.807) is 12.3 Å². The van der Waals surface area contributed by atoms with Crippen LogP contribution in [-0.2, 0) is 11.3 Å². The van der Waals surface area contributed by atoms with Gasteiger partial charge in [0, 0.05) is 36.5 Å². The molecule has 150 valence electrons. The molecule has 2 aromatic rings. The Bertz CT molecular complexity index is 921. The molecule has 1 aromatic heterocycles. The SMILES string of the molecule is CCn1cc(C(=O)NC2CCC(CC(=O)C(C)C)CC2)c(=O)c2ccccc21. The lowest BCUT2D eigenvalue weighted by molar-refractivity contribution is -0.123. The molecular formula is C23H30N2O3. The Morgan fingerprint density at radius 3 is 2.46 bits per heavy atom. The predicted molar refractivity (Wildman–Crippen MR) is 112 cm³/mol. The number of nitrogens with one attached hydrogen (secondary N) is 1. The molecule has 0 unspecified atom stereocenters. The molecule has 0 spiro atoms. The average molecular weight is 383 g/mol. The fourth-order valence-corrected chi connectivity index (χ4v) is 4.06. The molecule has 5 nitrogen and oxygen atoms in total. The van der Waals surface area contributed by atoms with Crippen LogP contribution in [0.25, 0.3) is 10.9 Å². The number of benzene rings is 1. The first-order valence-corrected chi connectivity index (χ1v) is 10.4. The van der Waals surface area contributed by atoms with E-state index in [4.69, 9.17) is 0 Å². The predicted octanol–water partition coefficient (Wildman–Crippen LogP) is 3.93. The van der Waals surface area contributed by atoms with Gasteiger partial charge in [0.15, 0.2) is 0 Å². The van der Waals surface area contributed by atoms with Crippen LogP contribution in [-0.4, -0.2) is 22.3 Å². The zero-order valence-electron chi connectivity index (χ0n) is 17.0. The Morgan fingerprint density at radius 1 is 1.14 bits per heavy atom. The first kappa shape index (κ1) is 20.3. The molecule has 1 saturated carbocycles. The van der Waals surface area contributed by atoms with Gasteiger partial charge in [-0.25, -0.2) is 0 Å². The molecule has 0 saturated heterocycles. The number of hydrogen-bond acceptors (Lipinski definition) is 3. The van der Waals surface area contributed by atoms with Gasteiger partial charge in [-0.3, -0.25) is 14.4 Å². The van der Waals surface area contributed by atoms with Gasteiger partial charge in [-0.2, -0.15) is 0 Å². The number of fused-ring (bicyclic) bond motifs is 1. The highest BCUT2D eigenvalue weighted by Gasteiger charge is 2.26. The minimum Gasteiger partial charge on any atom is -0.349 e. The summed E-state index contributed by atoms with van der Waals surface area (Å²) >= 11 is 0. The summed E-state index contributed by atoms with van der Waals surface area (Å²) in [5.74, 6) is 0.538. The topological polar surface area (TPSA) is 68.2 Å². The number of pyridine rings is 1. The summed E-state index contributed by atoms with van der Waals surface area (Å²) in [7, 11) is 0. The second-order valence-electron chi connectivity index (χ2n) is 8.19. The van der Waals surface area contributed by atoms with Crippen molar-refractivity contribution >= 4 is 22.6 Å². The van der Waals surface area contributed by atoms with E-state index in [1.165, 1.54) is 0 Å². The summed E-state index contributed by atoms with van der Waals surface area (Å²) in [5, 5.41) is 3.63. The number of Topliss-reactive ketones (excluding diaryl/α,β-unsaturated/α-hetero) is 1. The summed E-state index contributed by atoms with van der Waals surface area (Å²) in [6, 6.07) is 7.47. The quantitative estimate of drug-likeness (QED) is 0.823. The number of carbonyl (C=O) groups is 2. The zero-order chi connectivity index (χ0) is 20.3. The molecule has 0 atom stereocenters. The molecule has 3 rings (SSSR count). The van der Waals surface area contributed by atoms with Gasteiger partial charge < -0.3 is 9.88 Å². The zero-order valence-corrected chi connectivity index (χ0v) is 17.0. The molecule has 1 aliphatic carbocycles. The van der Waals surface area contributed by atoms with Crippen LogP contribution in [0.1, 0.15) is 63.2 Å². The highest BCUT2D eigenvalue weighted by molar-refractivity contribution is 5.97. The Hall–Kier alpha value is -2.43. The smallest absolute Gasteiger partial charge is 0.256 e. The van der Waals surface area contributed by atoms with Crippen molar-refractivity contribution in [1.29, 1.82) is 0 Å². The molecule has 1 N–H and O–H groups in total. The van der Waals surface area contributed by atoms with E-state index >= 15 is 0 Å². The van der Waals surface area contributed by atoms with Crippen molar-refractivity contribution in [1.82, 2.24) is 9.88 Å². The van der Waals surface area contributed by atoms with Gasteiger partial charge in [0.2, 0.25) is 5.43 Å². The fourth-order valence-electron chi connectivity index (χ4n) is 4.06. The molecule has 1 aromatic carbocycles. The van der Waals surface area contributed by atoms with Crippen molar-refractivity contribution < 1.29 is 9.59 Å². The number of hydrogen-bond donors (Lipinski definition) is 1. The van der Waals surface area contributed by atoms with E-state index in [2.05, 4.69) is 5.32 Å². The highest BCUT2D eigenvalue weighted by Crippen LogP contribution is 2.28. The molecular weight excluding hydrogens is 352 g/mol. The molecule has 1 heterocycles. The van der Waals surface area contributed by atoms with Crippen LogP contribution in [0, 0.1) is 11.8 Å². The molecule has 0 aliphatic heterocycles. The van der Waals surface area contributed by atoms with Crippen LogP contribution in [0.4, 0.5) is 0 Å². The van der Waals surface area contributed by atoms with Gasteiger partial charge in [-0.1, -0.05) is 26.0 Å². The van der Waals surface area contributed by atoms with E-state index in [0.717, 1.165) is 31.2 Å². The van der Waals surface area contributed by atoms with E-state index < -0.39 is 0 Å². The number of rotatable bonds is 6. The lowest BCUT2D eigenvalue weighted by Crippen LogP contribution is -2.40. The Kier molecular flexibility index (Phi) is 6.32. The van der Waals surface area contributed by atoms with E-state index in [-0.39, 0.29) is 28.9 Å². The third-order valence-corrected chi connectivity index (χ3v) is 5.89. The number of ketones is 1. The van der Waals surface area contributed by atoms with Crippen LogP contribution in [0.2, 0.25) is 0 Å². The summed E-state index contributed by atoms with van der Waals surface area (Å²) in [5.41, 5.74) is 0.841. The number of nitrogens with zero attached hydrogens (tertiary/aromatic N) is 1.